The second-order valence-electron chi connectivity index (χ2n) is 6.53. The van der Waals surface area contributed by atoms with Crippen LogP contribution in [0.3, 0.4) is 0 Å². The number of hydrogen-bond donors (Lipinski definition) is 0. The number of aryl methyl sites for hydroxylation is 1. The summed E-state index contributed by atoms with van der Waals surface area (Å²) in [5.41, 5.74) is 1.37. The first-order valence-corrected chi connectivity index (χ1v) is 9.76. The lowest BCUT2D eigenvalue weighted by molar-refractivity contribution is -0.137. The van der Waals surface area contributed by atoms with Gasteiger partial charge in [-0.1, -0.05) is 46.7 Å². The van der Waals surface area contributed by atoms with Gasteiger partial charge in [0.1, 0.15) is 0 Å². The van der Waals surface area contributed by atoms with Crippen LogP contribution in [0.15, 0.2) is 62.7 Å². The molecule has 0 saturated carbocycles. The third-order valence-electron chi connectivity index (χ3n) is 4.22. The van der Waals surface area contributed by atoms with Gasteiger partial charge in [-0.15, -0.1) is 10.2 Å². The Hall–Kier alpha value is -3.14. The number of halogens is 3. The summed E-state index contributed by atoms with van der Waals surface area (Å²) in [5, 5.41) is 11.8. The Bertz CT molecular complexity index is 1160. The minimum absolute atomic E-state index is 0.0782. The van der Waals surface area contributed by atoms with Crippen LogP contribution in [0, 0.1) is 6.92 Å². The quantitative estimate of drug-likeness (QED) is 0.360. The molecule has 4 aromatic rings. The fourth-order valence-electron chi connectivity index (χ4n) is 2.62. The van der Waals surface area contributed by atoms with Crippen molar-refractivity contribution in [3.8, 4) is 22.8 Å². The summed E-state index contributed by atoms with van der Waals surface area (Å²) in [4.78, 5) is 4.22. The van der Waals surface area contributed by atoms with E-state index in [9.17, 15) is 13.2 Å². The van der Waals surface area contributed by atoms with Gasteiger partial charge in [-0.05, 0) is 38.1 Å². The van der Waals surface area contributed by atoms with E-state index in [2.05, 4.69) is 20.3 Å². The van der Waals surface area contributed by atoms with Gasteiger partial charge in [-0.2, -0.15) is 18.2 Å². The molecule has 2 aromatic heterocycles. The van der Waals surface area contributed by atoms with Crippen LogP contribution in [0.5, 0.6) is 0 Å². The van der Waals surface area contributed by atoms with Crippen LogP contribution in [0.1, 0.15) is 29.2 Å². The second kappa shape index (κ2) is 7.94. The van der Waals surface area contributed by atoms with Crippen molar-refractivity contribution >= 4 is 11.8 Å². The molecule has 0 aliphatic carbocycles. The van der Waals surface area contributed by atoms with Gasteiger partial charge in [0.25, 0.3) is 5.22 Å². The van der Waals surface area contributed by atoms with E-state index >= 15 is 0 Å². The molecule has 1 atom stereocenters. The molecule has 0 aliphatic rings. The van der Waals surface area contributed by atoms with Gasteiger partial charge in [0.15, 0.2) is 0 Å². The van der Waals surface area contributed by atoms with Gasteiger partial charge in [0.05, 0.1) is 10.8 Å². The number of thioether (sulfide) groups is 1. The van der Waals surface area contributed by atoms with Crippen molar-refractivity contribution in [3.05, 3.63) is 65.5 Å². The molecule has 30 heavy (non-hydrogen) atoms. The first kappa shape index (κ1) is 20.1. The van der Waals surface area contributed by atoms with Crippen molar-refractivity contribution in [2.75, 3.05) is 0 Å². The zero-order chi connectivity index (χ0) is 21.3. The largest absolute Gasteiger partial charge is 0.416 e. The maximum absolute atomic E-state index is 12.9. The Morgan fingerprint density at radius 3 is 2.50 bits per heavy atom. The van der Waals surface area contributed by atoms with Crippen molar-refractivity contribution in [2.45, 2.75) is 30.5 Å². The van der Waals surface area contributed by atoms with Gasteiger partial charge >= 0.3 is 6.18 Å². The van der Waals surface area contributed by atoms with Gasteiger partial charge in [0.2, 0.25) is 17.6 Å². The zero-order valence-corrected chi connectivity index (χ0v) is 16.7. The van der Waals surface area contributed by atoms with Crippen molar-refractivity contribution < 1.29 is 22.1 Å². The average Bonchev–Trinajstić information content (AvgIpc) is 3.38. The number of aromatic nitrogens is 4. The Balaban J connectivity index is 1.49. The molecule has 4 rings (SSSR count). The fraction of sp³-hybridized carbons (Fsp3) is 0.200. The number of hydrogen-bond acceptors (Lipinski definition) is 7. The van der Waals surface area contributed by atoms with Crippen molar-refractivity contribution in [1.82, 2.24) is 20.3 Å². The Labute approximate surface area is 173 Å². The molecule has 0 aliphatic heterocycles. The molecule has 0 saturated heterocycles. The molecule has 2 aromatic carbocycles. The molecule has 2 heterocycles. The van der Waals surface area contributed by atoms with Crippen LogP contribution in [-0.2, 0) is 6.18 Å². The summed E-state index contributed by atoms with van der Waals surface area (Å²) in [6.07, 6.45) is -4.45. The Kier molecular flexibility index (Phi) is 5.33. The molecular formula is C20H15F3N4O2S. The van der Waals surface area contributed by atoms with Crippen LogP contribution in [0.2, 0.25) is 0 Å². The Morgan fingerprint density at radius 2 is 1.77 bits per heavy atom. The molecule has 0 radical (unpaired) electrons. The molecule has 154 valence electrons. The summed E-state index contributed by atoms with van der Waals surface area (Å²) >= 11 is 1.21. The standard InChI is InChI=1S/C20H15F3N4O2S/c1-11-6-8-13(9-7-11)18-25-26-19(28-18)30-12(2)17-24-16(27-29-17)14-4-3-5-15(10-14)20(21,22)23/h3-10,12H,1-2H3. The first-order valence-electron chi connectivity index (χ1n) is 8.88. The predicted molar refractivity (Wildman–Crippen MR) is 103 cm³/mol. The van der Waals surface area contributed by atoms with E-state index in [1.807, 2.05) is 31.2 Å². The van der Waals surface area contributed by atoms with Crippen LogP contribution in [-0.4, -0.2) is 20.3 Å². The maximum atomic E-state index is 12.9. The topological polar surface area (TPSA) is 77.8 Å². The summed E-state index contributed by atoms with van der Waals surface area (Å²) in [5.74, 6) is 0.705. The van der Waals surface area contributed by atoms with E-state index in [4.69, 9.17) is 8.94 Å². The minimum Gasteiger partial charge on any atom is -0.411 e. The molecule has 6 nitrogen and oxygen atoms in total. The van der Waals surface area contributed by atoms with E-state index in [1.54, 1.807) is 6.92 Å². The van der Waals surface area contributed by atoms with Gasteiger partial charge in [-0.25, -0.2) is 0 Å². The highest BCUT2D eigenvalue weighted by atomic mass is 32.2. The minimum atomic E-state index is -4.45. The number of alkyl halides is 3. The molecule has 0 amide bonds. The lowest BCUT2D eigenvalue weighted by Crippen LogP contribution is -2.04. The average molecular weight is 432 g/mol. The third kappa shape index (κ3) is 4.38. The van der Waals surface area contributed by atoms with E-state index < -0.39 is 11.7 Å². The van der Waals surface area contributed by atoms with Crippen molar-refractivity contribution in [2.24, 2.45) is 0 Å². The van der Waals surface area contributed by atoms with E-state index in [1.165, 1.54) is 23.9 Å². The monoisotopic (exact) mass is 432 g/mol. The molecule has 0 spiro atoms. The lowest BCUT2D eigenvalue weighted by Gasteiger charge is -2.06. The van der Waals surface area contributed by atoms with E-state index in [-0.39, 0.29) is 22.5 Å². The highest BCUT2D eigenvalue weighted by Gasteiger charge is 2.31. The Morgan fingerprint density at radius 1 is 1.00 bits per heavy atom. The van der Waals surface area contributed by atoms with Gasteiger partial charge in [-0.3, -0.25) is 0 Å². The van der Waals surface area contributed by atoms with E-state index in [0.29, 0.717) is 11.1 Å². The van der Waals surface area contributed by atoms with Gasteiger partial charge in [0, 0.05) is 11.1 Å². The summed E-state index contributed by atoms with van der Waals surface area (Å²) in [6, 6.07) is 12.4. The maximum Gasteiger partial charge on any atom is 0.416 e. The number of nitrogens with zero attached hydrogens (tertiary/aromatic N) is 4. The second-order valence-corrected chi connectivity index (χ2v) is 7.83. The zero-order valence-electron chi connectivity index (χ0n) is 15.8. The molecule has 0 bridgehead atoms. The summed E-state index contributed by atoms with van der Waals surface area (Å²) in [6.45, 7) is 3.78. The van der Waals surface area contributed by atoms with Gasteiger partial charge < -0.3 is 8.94 Å². The number of benzene rings is 2. The molecular weight excluding hydrogens is 417 g/mol. The van der Waals surface area contributed by atoms with Crippen LogP contribution < -0.4 is 0 Å². The normalized spacial score (nSPS) is 12.8. The first-order chi connectivity index (χ1) is 14.3. The van der Waals surface area contributed by atoms with E-state index in [0.717, 1.165) is 23.3 Å². The fourth-order valence-corrected chi connectivity index (χ4v) is 3.34. The third-order valence-corrected chi connectivity index (χ3v) is 5.14. The lowest BCUT2D eigenvalue weighted by atomic mass is 10.1. The summed E-state index contributed by atoms with van der Waals surface area (Å²) in [7, 11) is 0. The molecule has 0 fully saturated rings. The van der Waals surface area contributed by atoms with Crippen LogP contribution in [0.25, 0.3) is 22.8 Å². The summed E-state index contributed by atoms with van der Waals surface area (Å²) < 4.78 is 49.6. The van der Waals surface area contributed by atoms with Crippen molar-refractivity contribution in [3.63, 3.8) is 0 Å². The molecule has 0 N–H and O–H groups in total. The molecule has 1 unspecified atom stereocenters. The SMILES string of the molecule is Cc1ccc(-c2nnc(SC(C)c3nc(-c4cccc(C(F)(F)F)c4)no3)o2)cc1. The van der Waals surface area contributed by atoms with Crippen molar-refractivity contribution in [1.29, 1.82) is 0 Å². The predicted octanol–water partition coefficient (Wildman–Crippen LogP) is 5.97. The highest BCUT2D eigenvalue weighted by molar-refractivity contribution is 7.99. The number of rotatable bonds is 5. The molecule has 10 heteroatoms. The van der Waals surface area contributed by atoms with Crippen LogP contribution >= 0.6 is 11.8 Å². The highest BCUT2D eigenvalue weighted by Crippen LogP contribution is 2.36. The van der Waals surface area contributed by atoms with Crippen LogP contribution in [0.4, 0.5) is 13.2 Å². The smallest absolute Gasteiger partial charge is 0.411 e.